The van der Waals surface area contributed by atoms with Crippen LogP contribution in [0, 0.1) is 5.92 Å². The number of urea groups is 1. The van der Waals surface area contributed by atoms with Gasteiger partial charge >= 0.3 is 12.0 Å². The van der Waals surface area contributed by atoms with Gasteiger partial charge < -0.3 is 20.6 Å². The Hall–Kier alpha value is -1.79. The first kappa shape index (κ1) is 14.3. The molecule has 0 aromatic carbocycles. The molecular weight excluding hydrogens is 238 g/mol. The van der Waals surface area contributed by atoms with Crippen molar-refractivity contribution in [3.8, 4) is 0 Å². The summed E-state index contributed by atoms with van der Waals surface area (Å²) in [4.78, 5) is 35.1. The second-order valence-electron chi connectivity index (χ2n) is 4.40. The van der Waals surface area contributed by atoms with E-state index in [0.29, 0.717) is 6.54 Å². The second-order valence-corrected chi connectivity index (χ2v) is 4.40. The van der Waals surface area contributed by atoms with Crippen LogP contribution in [-0.4, -0.2) is 53.6 Å². The quantitative estimate of drug-likeness (QED) is 0.625. The number of nitrogens with zero attached hydrogens (tertiary/aromatic N) is 1. The van der Waals surface area contributed by atoms with Crippen molar-refractivity contribution < 1.29 is 19.5 Å². The summed E-state index contributed by atoms with van der Waals surface area (Å²) in [6, 6.07) is -1.01. The Bertz CT molecular complexity index is 339. The molecule has 0 bridgehead atoms. The standard InChI is InChI=1S/C11H19N3O4/c1-3-4-12-9(15)7(2)13-11(18)14-5-8(6-14)10(16)17/h7-8H,3-6H2,1-2H3,(H,12,15)(H,13,18)(H,16,17). The average molecular weight is 257 g/mol. The highest BCUT2D eigenvalue weighted by Gasteiger charge is 2.36. The van der Waals surface area contributed by atoms with Crippen molar-refractivity contribution in [2.45, 2.75) is 26.3 Å². The van der Waals surface area contributed by atoms with Crippen molar-refractivity contribution in [2.75, 3.05) is 19.6 Å². The van der Waals surface area contributed by atoms with Crippen LogP contribution in [0.15, 0.2) is 0 Å². The van der Waals surface area contributed by atoms with Gasteiger partial charge in [-0.1, -0.05) is 6.92 Å². The molecule has 0 aromatic rings. The Morgan fingerprint density at radius 1 is 1.39 bits per heavy atom. The highest BCUT2D eigenvalue weighted by molar-refractivity contribution is 5.87. The van der Waals surface area contributed by atoms with Gasteiger partial charge in [0.2, 0.25) is 5.91 Å². The molecule has 3 amide bonds. The van der Waals surface area contributed by atoms with Gasteiger partial charge in [0.1, 0.15) is 6.04 Å². The van der Waals surface area contributed by atoms with E-state index in [9.17, 15) is 14.4 Å². The number of aliphatic carboxylic acids is 1. The van der Waals surface area contributed by atoms with Gasteiger partial charge in [-0.15, -0.1) is 0 Å². The van der Waals surface area contributed by atoms with Crippen LogP contribution in [-0.2, 0) is 9.59 Å². The topological polar surface area (TPSA) is 98.7 Å². The molecular formula is C11H19N3O4. The molecule has 3 N–H and O–H groups in total. The Labute approximate surface area is 106 Å². The molecule has 18 heavy (non-hydrogen) atoms. The Morgan fingerprint density at radius 2 is 2.00 bits per heavy atom. The molecule has 1 saturated heterocycles. The zero-order chi connectivity index (χ0) is 13.7. The zero-order valence-corrected chi connectivity index (χ0v) is 10.6. The Kier molecular flexibility index (Phi) is 4.94. The minimum atomic E-state index is -0.896. The summed E-state index contributed by atoms with van der Waals surface area (Å²) in [5.74, 6) is -1.62. The number of rotatable bonds is 5. The SMILES string of the molecule is CCCNC(=O)C(C)NC(=O)N1CC(C(=O)O)C1. The van der Waals surface area contributed by atoms with Crippen LogP contribution in [0.25, 0.3) is 0 Å². The van der Waals surface area contributed by atoms with Crippen molar-refractivity contribution >= 4 is 17.9 Å². The van der Waals surface area contributed by atoms with Gasteiger partial charge in [-0.25, -0.2) is 4.79 Å². The largest absolute Gasteiger partial charge is 0.481 e. The number of amides is 3. The summed E-state index contributed by atoms with van der Waals surface area (Å²) < 4.78 is 0. The predicted octanol–water partition coefficient (Wildman–Crippen LogP) is -0.373. The summed E-state index contributed by atoms with van der Waals surface area (Å²) in [6.07, 6.45) is 0.832. The average Bonchev–Trinajstić information content (AvgIpc) is 2.22. The van der Waals surface area contributed by atoms with Gasteiger partial charge in [-0.2, -0.15) is 0 Å². The van der Waals surface area contributed by atoms with Crippen molar-refractivity contribution in [2.24, 2.45) is 5.92 Å². The minimum absolute atomic E-state index is 0.199. The van der Waals surface area contributed by atoms with Crippen molar-refractivity contribution in [1.29, 1.82) is 0 Å². The lowest BCUT2D eigenvalue weighted by atomic mass is 10.0. The monoisotopic (exact) mass is 257 g/mol. The van der Waals surface area contributed by atoms with Gasteiger partial charge in [-0.05, 0) is 13.3 Å². The lowest BCUT2D eigenvalue weighted by molar-refractivity contribution is -0.146. The molecule has 1 rings (SSSR count). The van der Waals surface area contributed by atoms with E-state index in [1.54, 1.807) is 6.92 Å². The molecule has 0 radical (unpaired) electrons. The number of carbonyl (C=O) groups is 3. The van der Waals surface area contributed by atoms with Crippen LogP contribution in [0.5, 0.6) is 0 Å². The normalized spacial score (nSPS) is 16.7. The van der Waals surface area contributed by atoms with E-state index in [0.717, 1.165) is 6.42 Å². The number of hydrogen-bond donors (Lipinski definition) is 3. The predicted molar refractivity (Wildman–Crippen MR) is 64.0 cm³/mol. The van der Waals surface area contributed by atoms with Crippen LogP contribution in [0.3, 0.4) is 0 Å². The molecule has 1 aliphatic heterocycles. The van der Waals surface area contributed by atoms with E-state index in [1.807, 2.05) is 6.92 Å². The molecule has 7 nitrogen and oxygen atoms in total. The number of carboxylic acid groups (broad SMARTS) is 1. The van der Waals surface area contributed by atoms with E-state index in [1.165, 1.54) is 4.90 Å². The van der Waals surface area contributed by atoms with E-state index in [-0.39, 0.29) is 19.0 Å². The van der Waals surface area contributed by atoms with E-state index < -0.39 is 24.0 Å². The van der Waals surface area contributed by atoms with E-state index in [4.69, 9.17) is 5.11 Å². The third-order valence-electron chi connectivity index (χ3n) is 2.80. The third-order valence-corrected chi connectivity index (χ3v) is 2.80. The fraction of sp³-hybridized carbons (Fsp3) is 0.727. The molecule has 7 heteroatoms. The van der Waals surface area contributed by atoms with Crippen molar-refractivity contribution in [1.82, 2.24) is 15.5 Å². The van der Waals surface area contributed by atoms with Gasteiger partial charge in [-0.3, -0.25) is 9.59 Å². The van der Waals surface area contributed by atoms with Crippen LogP contribution in [0.2, 0.25) is 0 Å². The number of carbonyl (C=O) groups excluding carboxylic acids is 2. The molecule has 1 unspecified atom stereocenters. The van der Waals surface area contributed by atoms with Gasteiger partial charge in [0.25, 0.3) is 0 Å². The first-order valence-corrected chi connectivity index (χ1v) is 6.01. The molecule has 1 atom stereocenters. The fourth-order valence-corrected chi connectivity index (χ4v) is 1.54. The summed E-state index contributed by atoms with van der Waals surface area (Å²) in [7, 11) is 0. The highest BCUT2D eigenvalue weighted by atomic mass is 16.4. The molecule has 0 aromatic heterocycles. The Morgan fingerprint density at radius 3 is 2.50 bits per heavy atom. The van der Waals surface area contributed by atoms with E-state index >= 15 is 0 Å². The third kappa shape index (κ3) is 3.61. The molecule has 102 valence electrons. The molecule has 0 saturated carbocycles. The zero-order valence-electron chi connectivity index (χ0n) is 10.6. The van der Waals surface area contributed by atoms with Crippen LogP contribution >= 0.6 is 0 Å². The smallest absolute Gasteiger partial charge is 0.318 e. The molecule has 0 spiro atoms. The fourth-order valence-electron chi connectivity index (χ4n) is 1.54. The molecule has 0 aliphatic carbocycles. The second kappa shape index (κ2) is 6.23. The number of hydrogen-bond acceptors (Lipinski definition) is 3. The maximum absolute atomic E-state index is 11.6. The maximum atomic E-state index is 11.6. The number of carboxylic acids is 1. The summed E-state index contributed by atoms with van der Waals surface area (Å²) in [6.45, 7) is 4.51. The molecule has 1 aliphatic rings. The van der Waals surface area contributed by atoms with Gasteiger partial charge in [0.15, 0.2) is 0 Å². The number of nitrogens with one attached hydrogen (secondary N) is 2. The lowest BCUT2D eigenvalue weighted by Crippen LogP contribution is -2.58. The summed E-state index contributed by atoms with van der Waals surface area (Å²) in [5.41, 5.74) is 0. The molecule has 1 heterocycles. The summed E-state index contributed by atoms with van der Waals surface area (Å²) in [5, 5.41) is 13.9. The van der Waals surface area contributed by atoms with E-state index in [2.05, 4.69) is 10.6 Å². The maximum Gasteiger partial charge on any atom is 0.318 e. The minimum Gasteiger partial charge on any atom is -0.481 e. The first-order chi connectivity index (χ1) is 8.45. The van der Waals surface area contributed by atoms with Crippen molar-refractivity contribution in [3.63, 3.8) is 0 Å². The molecule has 1 fully saturated rings. The number of likely N-dealkylation sites (tertiary alicyclic amines) is 1. The van der Waals surface area contributed by atoms with Crippen LogP contribution < -0.4 is 10.6 Å². The van der Waals surface area contributed by atoms with Crippen molar-refractivity contribution in [3.05, 3.63) is 0 Å². The van der Waals surface area contributed by atoms with Crippen LogP contribution in [0.4, 0.5) is 4.79 Å². The van der Waals surface area contributed by atoms with Gasteiger partial charge in [0, 0.05) is 19.6 Å². The first-order valence-electron chi connectivity index (χ1n) is 6.01. The lowest BCUT2D eigenvalue weighted by Gasteiger charge is -2.37. The highest BCUT2D eigenvalue weighted by Crippen LogP contribution is 2.15. The summed E-state index contributed by atoms with van der Waals surface area (Å²) >= 11 is 0. The van der Waals surface area contributed by atoms with Gasteiger partial charge in [0.05, 0.1) is 5.92 Å². The Balaban J connectivity index is 2.28. The van der Waals surface area contributed by atoms with Crippen LogP contribution in [0.1, 0.15) is 20.3 Å².